The summed E-state index contributed by atoms with van der Waals surface area (Å²) in [7, 11) is 2.64. The molecule has 0 bridgehead atoms. The van der Waals surface area contributed by atoms with Crippen LogP contribution in [-0.2, 0) is 14.3 Å². The van der Waals surface area contributed by atoms with Crippen molar-refractivity contribution >= 4 is 45.4 Å². The Labute approximate surface area is 359 Å². The van der Waals surface area contributed by atoms with E-state index in [0.29, 0.717) is 86.1 Å². The summed E-state index contributed by atoms with van der Waals surface area (Å²) in [5, 5.41) is 2.57. The van der Waals surface area contributed by atoms with E-state index in [4.69, 9.17) is 14.5 Å². The van der Waals surface area contributed by atoms with Gasteiger partial charge in [-0.3, -0.25) is 4.79 Å². The van der Waals surface area contributed by atoms with Gasteiger partial charge >= 0.3 is 6.09 Å². The van der Waals surface area contributed by atoms with Crippen LogP contribution in [0.4, 0.5) is 38.1 Å². The van der Waals surface area contributed by atoms with Crippen molar-refractivity contribution in [2.24, 2.45) is 0 Å². The van der Waals surface area contributed by atoms with Crippen LogP contribution in [0, 0.1) is 29.1 Å². The number of H-pyrrole nitrogens is 2. The number of likely N-dealkylation sites (tertiary alicyclic amines) is 1. The van der Waals surface area contributed by atoms with Gasteiger partial charge in [-0.05, 0) is 93.3 Å². The number of hydrogen-bond donors (Lipinski definition) is 3. The number of benzene rings is 4. The van der Waals surface area contributed by atoms with E-state index in [-0.39, 0.29) is 34.2 Å². The quantitative estimate of drug-likeness (QED) is 0.116. The number of halogens is 5. The van der Waals surface area contributed by atoms with Crippen LogP contribution in [0.25, 0.3) is 22.1 Å². The normalized spacial score (nSPS) is 20.5. The molecule has 3 N–H and O–H groups in total. The minimum atomic E-state index is -1.04. The number of imidazole rings is 2. The Morgan fingerprint density at radius 2 is 1.43 bits per heavy atom. The Bertz CT molecular complexity index is 2640. The zero-order valence-corrected chi connectivity index (χ0v) is 34.9. The number of rotatable bonds is 10. The second kappa shape index (κ2) is 17.1. The third-order valence-electron chi connectivity index (χ3n) is 13.1. The van der Waals surface area contributed by atoms with Crippen LogP contribution in [0.5, 0.6) is 0 Å². The average molecular weight is 871 g/mol. The van der Waals surface area contributed by atoms with Crippen molar-refractivity contribution in [3.8, 4) is 0 Å². The molecule has 3 saturated heterocycles. The molecule has 0 unspecified atom stereocenters. The molecule has 0 spiro atoms. The number of anilines is 2. The number of piperidine rings is 1. The van der Waals surface area contributed by atoms with E-state index in [9.17, 15) is 14.0 Å². The summed E-state index contributed by atoms with van der Waals surface area (Å²) in [6.07, 6.45) is 3.07. The molecule has 2 amide bonds. The molecule has 12 nitrogen and oxygen atoms in total. The third-order valence-corrected chi connectivity index (χ3v) is 13.1. The van der Waals surface area contributed by atoms with E-state index in [2.05, 4.69) is 20.3 Å². The minimum Gasteiger partial charge on any atom is -0.453 e. The van der Waals surface area contributed by atoms with Gasteiger partial charge in [-0.1, -0.05) is 12.1 Å². The molecule has 330 valence electrons. The number of hydrogen-bond acceptors (Lipinski definition) is 8. The second-order valence-electron chi connectivity index (χ2n) is 16.6. The molecule has 6 aromatic rings. The first-order valence-electron chi connectivity index (χ1n) is 21.2. The SMILES string of the molecule is COC(=O)N[C@H](C(=O)N1CCC[C@H]1c1nc2cc(F)c([C@H]3CC[C@H](c4cc5[nH]cnc5cc4F)N3c3cc(F)c(N4CCC(c5ccc(F)cc5)CC4)c(F)c3)cc2[nH]1)[C@@H](C)OC. The molecule has 5 heterocycles. The topological polar surface area (TPSA) is 132 Å². The van der Waals surface area contributed by atoms with Crippen molar-refractivity contribution in [1.82, 2.24) is 30.2 Å². The molecule has 5 atom stereocenters. The Balaban J connectivity index is 1.05. The van der Waals surface area contributed by atoms with Crippen molar-refractivity contribution < 1.29 is 41.0 Å². The van der Waals surface area contributed by atoms with E-state index < -0.39 is 65.5 Å². The molecular weight excluding hydrogens is 824 g/mol. The lowest BCUT2D eigenvalue weighted by molar-refractivity contribution is -0.137. The van der Waals surface area contributed by atoms with Gasteiger partial charge in [0.2, 0.25) is 5.91 Å². The molecule has 3 aliphatic rings. The molecule has 9 rings (SSSR count). The molecule has 3 fully saturated rings. The van der Waals surface area contributed by atoms with E-state index in [1.165, 1.54) is 56.9 Å². The lowest BCUT2D eigenvalue weighted by Crippen LogP contribution is -2.54. The number of aromatic amines is 2. The number of alkyl carbamates (subject to hydrolysis) is 1. The number of ether oxygens (including phenoxy) is 2. The first-order valence-corrected chi connectivity index (χ1v) is 21.2. The monoisotopic (exact) mass is 870 g/mol. The Morgan fingerprint density at radius 3 is 2.08 bits per heavy atom. The zero-order valence-electron chi connectivity index (χ0n) is 34.9. The van der Waals surface area contributed by atoms with Gasteiger partial charge in [-0.25, -0.2) is 36.7 Å². The molecule has 0 saturated carbocycles. The van der Waals surface area contributed by atoms with Crippen molar-refractivity contribution in [2.75, 3.05) is 43.7 Å². The highest BCUT2D eigenvalue weighted by molar-refractivity contribution is 5.87. The van der Waals surface area contributed by atoms with Gasteiger partial charge in [0.05, 0.1) is 59.7 Å². The van der Waals surface area contributed by atoms with Crippen LogP contribution in [0.15, 0.2) is 67.0 Å². The molecule has 17 heteroatoms. The van der Waals surface area contributed by atoms with Crippen molar-refractivity contribution in [3.63, 3.8) is 0 Å². The van der Waals surface area contributed by atoms with Crippen LogP contribution in [0.3, 0.4) is 0 Å². The molecule has 0 aliphatic carbocycles. The minimum absolute atomic E-state index is 0.116. The molecule has 4 aromatic carbocycles. The van der Waals surface area contributed by atoms with Crippen molar-refractivity contribution in [2.45, 2.75) is 81.6 Å². The first kappa shape index (κ1) is 42.1. The van der Waals surface area contributed by atoms with E-state index >= 15 is 17.6 Å². The molecule has 0 radical (unpaired) electrons. The zero-order chi connectivity index (χ0) is 44.1. The fourth-order valence-corrected chi connectivity index (χ4v) is 9.86. The molecule has 63 heavy (non-hydrogen) atoms. The predicted octanol–water partition coefficient (Wildman–Crippen LogP) is 9.02. The summed E-state index contributed by atoms with van der Waals surface area (Å²) < 4.78 is 89.2. The molecule has 2 aromatic heterocycles. The van der Waals surface area contributed by atoms with Gasteiger partial charge in [0.1, 0.15) is 35.0 Å². The van der Waals surface area contributed by atoms with Crippen LogP contribution >= 0.6 is 0 Å². The summed E-state index contributed by atoms with van der Waals surface area (Å²) >= 11 is 0. The molecule has 3 aliphatic heterocycles. The van der Waals surface area contributed by atoms with Gasteiger partial charge in [0.15, 0.2) is 11.6 Å². The standard InChI is InChI=1S/C46H47F5N8O4/c1-24(62-2)42(56-46(61)63-3)45(60)58-14-4-5-41(58)44-54-37-20-30(32(49)22-38(37)55-44)40-11-10-39(29-19-35-36(21-31(29)48)53-23-52-35)59(40)28-17-33(50)43(34(51)18-28)57-15-12-26(13-16-57)25-6-8-27(47)9-7-25/h6-9,17-24,26,39-42H,4-5,10-16H2,1-3H3,(H,52,53)(H,54,55)(H,56,61)/t24-,39-,40-,41+,42+/m1/s1. The lowest BCUT2D eigenvalue weighted by Gasteiger charge is -2.36. The number of nitrogens with zero attached hydrogens (tertiary/aromatic N) is 5. The summed E-state index contributed by atoms with van der Waals surface area (Å²) in [4.78, 5) is 46.2. The van der Waals surface area contributed by atoms with E-state index in [1.807, 2.05) is 0 Å². The fourth-order valence-electron chi connectivity index (χ4n) is 9.86. The third kappa shape index (κ3) is 7.91. The van der Waals surface area contributed by atoms with Gasteiger partial charge in [0, 0.05) is 55.7 Å². The number of aromatic nitrogens is 4. The van der Waals surface area contributed by atoms with Gasteiger partial charge in [0.25, 0.3) is 0 Å². The maximum absolute atomic E-state index is 16.6. The van der Waals surface area contributed by atoms with Crippen molar-refractivity contribution in [1.29, 1.82) is 0 Å². The lowest BCUT2D eigenvalue weighted by atomic mass is 9.89. The summed E-state index contributed by atoms with van der Waals surface area (Å²) in [5.41, 5.74) is 3.18. The number of methoxy groups -OCH3 is 2. The number of fused-ring (bicyclic) bond motifs is 2. The number of carbonyl (C=O) groups excluding carboxylic acids is 2. The Hall–Kier alpha value is -6.23. The van der Waals surface area contributed by atoms with Crippen LogP contribution in [0.2, 0.25) is 0 Å². The highest BCUT2D eigenvalue weighted by atomic mass is 19.1. The van der Waals surface area contributed by atoms with Gasteiger partial charge < -0.3 is 39.5 Å². The highest BCUT2D eigenvalue weighted by Crippen LogP contribution is 2.50. The first-order chi connectivity index (χ1) is 30.4. The van der Waals surface area contributed by atoms with E-state index in [0.717, 1.165) is 5.56 Å². The Morgan fingerprint density at radius 1 is 0.778 bits per heavy atom. The van der Waals surface area contributed by atoms with Crippen LogP contribution in [0.1, 0.15) is 92.0 Å². The van der Waals surface area contributed by atoms with Crippen LogP contribution < -0.4 is 15.1 Å². The second-order valence-corrected chi connectivity index (χ2v) is 16.6. The van der Waals surface area contributed by atoms with Crippen molar-refractivity contribution in [3.05, 3.63) is 119 Å². The Kier molecular flexibility index (Phi) is 11.5. The maximum atomic E-state index is 16.6. The summed E-state index contributed by atoms with van der Waals surface area (Å²) in [6, 6.07) is 11.6. The average Bonchev–Trinajstić information content (AvgIpc) is 4.11. The summed E-state index contributed by atoms with van der Waals surface area (Å²) in [5.74, 6) is -2.94. The largest absolute Gasteiger partial charge is 0.453 e. The van der Waals surface area contributed by atoms with Gasteiger partial charge in [-0.15, -0.1) is 0 Å². The predicted molar refractivity (Wildman–Crippen MR) is 226 cm³/mol. The van der Waals surface area contributed by atoms with Crippen LogP contribution in [-0.4, -0.2) is 82.8 Å². The highest BCUT2D eigenvalue weighted by Gasteiger charge is 2.41. The number of nitrogens with one attached hydrogen (secondary N) is 3. The summed E-state index contributed by atoms with van der Waals surface area (Å²) in [6.45, 7) is 2.80. The smallest absolute Gasteiger partial charge is 0.407 e. The molecular formula is C46H47F5N8O4. The maximum Gasteiger partial charge on any atom is 0.407 e. The van der Waals surface area contributed by atoms with E-state index in [1.54, 1.807) is 45.9 Å². The fraction of sp³-hybridized carbons (Fsp3) is 0.391. The van der Waals surface area contributed by atoms with Gasteiger partial charge in [-0.2, -0.15) is 0 Å². The number of amides is 2. The number of carbonyl (C=O) groups is 2.